The molecule has 2 aromatic rings. The van der Waals surface area contributed by atoms with Crippen molar-refractivity contribution in [2.75, 3.05) is 19.0 Å². The third-order valence-electron chi connectivity index (χ3n) is 3.39. The van der Waals surface area contributed by atoms with Crippen LogP contribution in [0.1, 0.15) is 12.0 Å². The molecule has 0 aromatic heterocycles. The molecule has 25 heavy (non-hydrogen) atoms. The van der Waals surface area contributed by atoms with E-state index < -0.39 is 17.6 Å². The van der Waals surface area contributed by atoms with Gasteiger partial charge in [0.2, 0.25) is 11.8 Å². The number of carbonyl (C=O) groups is 2. The number of methoxy groups -OCH3 is 1. The van der Waals surface area contributed by atoms with Crippen molar-refractivity contribution < 1.29 is 18.7 Å². The summed E-state index contributed by atoms with van der Waals surface area (Å²) in [6.45, 7) is 0.404. The van der Waals surface area contributed by atoms with E-state index in [1.54, 1.807) is 7.11 Å². The molecule has 2 rings (SSSR count). The van der Waals surface area contributed by atoms with Gasteiger partial charge in [-0.15, -0.1) is 0 Å². The van der Waals surface area contributed by atoms with Crippen LogP contribution in [-0.2, 0) is 16.0 Å². The van der Waals surface area contributed by atoms with Crippen molar-refractivity contribution in [1.82, 2.24) is 5.32 Å². The van der Waals surface area contributed by atoms with Crippen LogP contribution in [-0.4, -0.2) is 25.5 Å². The number of benzene rings is 2. The molecule has 0 aliphatic rings. The van der Waals surface area contributed by atoms with Gasteiger partial charge in [0.15, 0.2) is 0 Å². The molecule has 5 nitrogen and oxygen atoms in total. The number of ether oxygens (including phenoxy) is 1. The minimum Gasteiger partial charge on any atom is -0.497 e. The first kappa shape index (κ1) is 18.7. The van der Waals surface area contributed by atoms with Crippen LogP contribution in [0.3, 0.4) is 0 Å². The number of nitrogens with one attached hydrogen (secondary N) is 2. The second kappa shape index (κ2) is 9.03. The number of hydrogen-bond donors (Lipinski definition) is 2. The van der Waals surface area contributed by atoms with Crippen molar-refractivity contribution >= 4 is 29.1 Å². The van der Waals surface area contributed by atoms with Crippen LogP contribution in [0.2, 0.25) is 5.02 Å². The fourth-order valence-electron chi connectivity index (χ4n) is 2.16. The molecule has 2 aromatic carbocycles. The predicted octanol–water partition coefficient (Wildman–Crippen LogP) is 3.18. The Hall–Kier alpha value is -2.60. The summed E-state index contributed by atoms with van der Waals surface area (Å²) in [6.07, 6.45) is 0.297. The molecule has 0 saturated heterocycles. The Morgan fingerprint density at radius 2 is 1.96 bits per heavy atom. The van der Waals surface area contributed by atoms with E-state index in [2.05, 4.69) is 10.6 Å². The summed E-state index contributed by atoms with van der Waals surface area (Å²) < 4.78 is 18.2. The van der Waals surface area contributed by atoms with Gasteiger partial charge in [-0.25, -0.2) is 4.39 Å². The summed E-state index contributed by atoms with van der Waals surface area (Å²) in [4.78, 5) is 23.6. The highest BCUT2D eigenvalue weighted by atomic mass is 35.5. The quantitative estimate of drug-likeness (QED) is 0.741. The number of halogens is 2. The smallest absolute Gasteiger partial charge is 0.233 e. The molecule has 0 fully saturated rings. The first-order valence-corrected chi connectivity index (χ1v) is 8.00. The van der Waals surface area contributed by atoms with E-state index in [1.807, 2.05) is 24.3 Å². The van der Waals surface area contributed by atoms with Crippen LogP contribution >= 0.6 is 11.6 Å². The number of anilines is 1. The van der Waals surface area contributed by atoms with E-state index in [0.717, 1.165) is 17.4 Å². The highest BCUT2D eigenvalue weighted by molar-refractivity contribution is 6.31. The van der Waals surface area contributed by atoms with E-state index in [4.69, 9.17) is 16.3 Å². The monoisotopic (exact) mass is 364 g/mol. The Balaban J connectivity index is 1.75. The van der Waals surface area contributed by atoms with Crippen LogP contribution < -0.4 is 15.4 Å². The molecule has 0 atom stereocenters. The Kier molecular flexibility index (Phi) is 6.77. The Morgan fingerprint density at radius 3 is 2.68 bits per heavy atom. The van der Waals surface area contributed by atoms with Gasteiger partial charge in [-0.05, 0) is 42.3 Å². The molecular weight excluding hydrogens is 347 g/mol. The van der Waals surface area contributed by atoms with Crippen molar-refractivity contribution in [3.05, 3.63) is 58.9 Å². The second-order valence-corrected chi connectivity index (χ2v) is 5.71. The van der Waals surface area contributed by atoms with Gasteiger partial charge in [0.1, 0.15) is 18.0 Å². The molecule has 132 valence electrons. The molecule has 0 spiro atoms. The van der Waals surface area contributed by atoms with Crippen molar-refractivity contribution in [3.8, 4) is 5.75 Å². The lowest BCUT2D eigenvalue weighted by Crippen LogP contribution is -2.29. The van der Waals surface area contributed by atoms with E-state index in [-0.39, 0.29) is 11.4 Å². The second-order valence-electron chi connectivity index (χ2n) is 5.31. The van der Waals surface area contributed by atoms with Gasteiger partial charge in [0, 0.05) is 12.2 Å². The Labute approximate surface area is 150 Å². The van der Waals surface area contributed by atoms with Gasteiger partial charge >= 0.3 is 0 Å². The lowest BCUT2D eigenvalue weighted by Gasteiger charge is -2.08. The van der Waals surface area contributed by atoms with Crippen LogP contribution in [0, 0.1) is 5.82 Å². The number of carbonyl (C=O) groups excluding carboxylic acids is 2. The Bertz CT molecular complexity index is 768. The summed E-state index contributed by atoms with van der Waals surface area (Å²) in [5.74, 6) is -0.716. The van der Waals surface area contributed by atoms with Crippen LogP contribution in [0.25, 0.3) is 0 Å². The number of amides is 2. The van der Waals surface area contributed by atoms with Gasteiger partial charge in [-0.2, -0.15) is 0 Å². The molecule has 0 saturated carbocycles. The van der Waals surface area contributed by atoms with Crippen molar-refractivity contribution in [1.29, 1.82) is 0 Å². The van der Waals surface area contributed by atoms with Gasteiger partial charge in [0.05, 0.1) is 12.1 Å². The molecule has 7 heteroatoms. The summed E-state index contributed by atoms with van der Waals surface area (Å²) in [5.41, 5.74) is 1.35. The predicted molar refractivity (Wildman–Crippen MR) is 94.4 cm³/mol. The largest absolute Gasteiger partial charge is 0.497 e. The van der Waals surface area contributed by atoms with Crippen LogP contribution in [0.15, 0.2) is 42.5 Å². The standard InChI is InChI=1S/C18H18ClFN2O3/c1-25-14-4-2-3-12(9-14)7-8-21-17(23)11-18(24)22-13-5-6-16(20)15(19)10-13/h2-6,9-10H,7-8,11H2,1H3,(H,21,23)(H,22,24). The van der Waals surface area contributed by atoms with Gasteiger partial charge in [0.25, 0.3) is 0 Å². The molecule has 0 aliphatic heterocycles. The third-order valence-corrected chi connectivity index (χ3v) is 3.68. The molecule has 2 amide bonds. The summed E-state index contributed by atoms with van der Waals surface area (Å²) in [6, 6.07) is 11.3. The van der Waals surface area contributed by atoms with Crippen molar-refractivity contribution in [2.24, 2.45) is 0 Å². The molecule has 0 aliphatic carbocycles. The average molecular weight is 365 g/mol. The minimum absolute atomic E-state index is 0.0967. The molecular formula is C18H18ClFN2O3. The van der Waals surface area contributed by atoms with E-state index in [9.17, 15) is 14.0 Å². The molecule has 2 N–H and O–H groups in total. The zero-order valence-corrected chi connectivity index (χ0v) is 14.4. The van der Waals surface area contributed by atoms with E-state index in [0.29, 0.717) is 18.7 Å². The first-order valence-electron chi connectivity index (χ1n) is 7.62. The molecule has 0 bridgehead atoms. The molecule has 0 heterocycles. The normalized spacial score (nSPS) is 10.2. The highest BCUT2D eigenvalue weighted by Crippen LogP contribution is 2.19. The lowest BCUT2D eigenvalue weighted by atomic mass is 10.1. The third kappa shape index (κ3) is 6.08. The highest BCUT2D eigenvalue weighted by Gasteiger charge is 2.10. The SMILES string of the molecule is COc1cccc(CCNC(=O)CC(=O)Nc2ccc(F)c(Cl)c2)c1. The fourth-order valence-corrected chi connectivity index (χ4v) is 2.34. The van der Waals surface area contributed by atoms with Crippen molar-refractivity contribution in [2.45, 2.75) is 12.8 Å². The van der Waals surface area contributed by atoms with Crippen LogP contribution in [0.4, 0.5) is 10.1 Å². The van der Waals surface area contributed by atoms with Gasteiger partial charge in [-0.3, -0.25) is 9.59 Å². The zero-order valence-electron chi connectivity index (χ0n) is 13.6. The van der Waals surface area contributed by atoms with Gasteiger partial charge < -0.3 is 15.4 Å². The maximum atomic E-state index is 13.1. The van der Waals surface area contributed by atoms with E-state index >= 15 is 0 Å². The lowest BCUT2D eigenvalue weighted by molar-refractivity contribution is -0.126. The molecule has 0 unspecified atom stereocenters. The maximum absolute atomic E-state index is 13.1. The van der Waals surface area contributed by atoms with Crippen LogP contribution in [0.5, 0.6) is 5.75 Å². The molecule has 0 radical (unpaired) electrons. The van der Waals surface area contributed by atoms with E-state index in [1.165, 1.54) is 12.1 Å². The zero-order chi connectivity index (χ0) is 18.2. The maximum Gasteiger partial charge on any atom is 0.233 e. The number of hydrogen-bond acceptors (Lipinski definition) is 3. The minimum atomic E-state index is -0.574. The first-order chi connectivity index (χ1) is 12.0. The Morgan fingerprint density at radius 1 is 1.16 bits per heavy atom. The topological polar surface area (TPSA) is 67.4 Å². The number of rotatable bonds is 7. The fraction of sp³-hybridized carbons (Fsp3) is 0.222. The van der Waals surface area contributed by atoms with Crippen molar-refractivity contribution in [3.63, 3.8) is 0 Å². The van der Waals surface area contributed by atoms with Gasteiger partial charge in [-0.1, -0.05) is 23.7 Å². The average Bonchev–Trinajstić information content (AvgIpc) is 2.58. The summed E-state index contributed by atoms with van der Waals surface area (Å²) in [5, 5.41) is 5.08. The summed E-state index contributed by atoms with van der Waals surface area (Å²) >= 11 is 5.64. The summed E-state index contributed by atoms with van der Waals surface area (Å²) in [7, 11) is 1.59.